The van der Waals surface area contributed by atoms with Gasteiger partial charge < -0.3 is 24.8 Å². The number of piperidine rings is 1. The van der Waals surface area contributed by atoms with Crippen LogP contribution in [0.5, 0.6) is 11.5 Å². The molecule has 1 saturated carbocycles. The number of β-amino-alcohol motifs (C(OH)–C–C–N with tert-alkyl or cyclic N) is 1. The second-order valence-electron chi connectivity index (χ2n) is 10.3. The Hall–Kier alpha value is -2.94. The first kappa shape index (κ1) is 26.7. The number of pyridine rings is 1. The minimum absolute atomic E-state index is 0.111. The Labute approximate surface area is 226 Å². The lowest BCUT2D eigenvalue weighted by Gasteiger charge is -2.37. The van der Waals surface area contributed by atoms with E-state index in [4.69, 9.17) is 21.1 Å². The number of para-hydroxylation sites is 1. The monoisotopic (exact) mass is 541 g/mol. The average Bonchev–Trinajstić information content (AvgIpc) is 2.91. The lowest BCUT2D eigenvalue weighted by atomic mass is 9.84. The number of hydrogen-bond acceptors (Lipinski definition) is 6. The number of amides is 1. The summed E-state index contributed by atoms with van der Waals surface area (Å²) in [6.45, 7) is 2.28. The molecule has 1 aliphatic heterocycles. The standard InChI is InChI=1S/C29H33ClFN3O4/c30-23-17-20(31)7-10-27(23)37-28-13-16-34(18-25(28)35)15-12-19-5-8-21(9-6-19)33-29(36)38-26-11-14-32-24-4-2-1-3-22(24)26/h1-4,7,10-11,14,17,19,21,25,28,35H,5-6,8-9,12-13,15-16,18H2,(H,33,36)/t19?,21?,25-,28-/m0/s1. The second-order valence-corrected chi connectivity index (χ2v) is 10.7. The van der Waals surface area contributed by atoms with Crippen molar-refractivity contribution in [3.8, 4) is 11.5 Å². The van der Waals surface area contributed by atoms with Crippen molar-refractivity contribution in [3.05, 3.63) is 65.6 Å². The third-order valence-electron chi connectivity index (χ3n) is 7.61. The van der Waals surface area contributed by atoms with Crippen molar-refractivity contribution in [2.24, 2.45) is 5.92 Å². The van der Waals surface area contributed by atoms with Crippen LogP contribution in [-0.4, -0.2) is 59.0 Å². The van der Waals surface area contributed by atoms with Crippen LogP contribution in [0, 0.1) is 11.7 Å². The molecule has 202 valence electrons. The fourth-order valence-electron chi connectivity index (χ4n) is 5.47. The SMILES string of the molecule is O=C(NC1CCC(CCN2CC[C@H](Oc3ccc(F)cc3Cl)[C@@H](O)C2)CC1)Oc1ccnc2ccccc12. The van der Waals surface area contributed by atoms with E-state index in [1.165, 1.54) is 18.2 Å². The third-order valence-corrected chi connectivity index (χ3v) is 7.91. The van der Waals surface area contributed by atoms with Crippen molar-refractivity contribution >= 4 is 28.6 Å². The van der Waals surface area contributed by atoms with Crippen molar-refractivity contribution in [2.45, 2.75) is 56.8 Å². The Bertz CT molecular complexity index is 1250. The molecule has 3 aromatic rings. The molecule has 1 aromatic heterocycles. The number of halogens is 2. The van der Waals surface area contributed by atoms with Crippen LogP contribution >= 0.6 is 11.6 Å². The zero-order valence-electron chi connectivity index (χ0n) is 21.2. The van der Waals surface area contributed by atoms with Crippen LogP contribution < -0.4 is 14.8 Å². The summed E-state index contributed by atoms with van der Waals surface area (Å²) in [6, 6.07) is 13.4. The summed E-state index contributed by atoms with van der Waals surface area (Å²) >= 11 is 6.07. The van der Waals surface area contributed by atoms with Gasteiger partial charge in [-0.15, -0.1) is 0 Å². The fraction of sp³-hybridized carbons (Fsp3) is 0.448. The quantitative estimate of drug-likeness (QED) is 0.406. The summed E-state index contributed by atoms with van der Waals surface area (Å²) < 4.78 is 24.7. The van der Waals surface area contributed by atoms with Crippen molar-refractivity contribution in [3.63, 3.8) is 0 Å². The summed E-state index contributed by atoms with van der Waals surface area (Å²) in [5.41, 5.74) is 0.792. The number of nitrogens with one attached hydrogen (secondary N) is 1. The lowest BCUT2D eigenvalue weighted by Crippen LogP contribution is -2.49. The van der Waals surface area contributed by atoms with Gasteiger partial charge in [-0.05, 0) is 87.4 Å². The van der Waals surface area contributed by atoms with E-state index >= 15 is 0 Å². The molecule has 0 radical (unpaired) electrons. The lowest BCUT2D eigenvalue weighted by molar-refractivity contribution is -0.0266. The van der Waals surface area contributed by atoms with E-state index in [-0.39, 0.29) is 17.2 Å². The summed E-state index contributed by atoms with van der Waals surface area (Å²) in [5.74, 6) is 1.09. The van der Waals surface area contributed by atoms with Gasteiger partial charge >= 0.3 is 6.09 Å². The molecule has 2 heterocycles. The number of rotatable bonds is 7. The van der Waals surface area contributed by atoms with Gasteiger partial charge in [0.2, 0.25) is 0 Å². The Kier molecular flexibility index (Phi) is 8.61. The molecule has 0 unspecified atom stereocenters. The third kappa shape index (κ3) is 6.73. The predicted molar refractivity (Wildman–Crippen MR) is 144 cm³/mol. The number of fused-ring (bicyclic) bond motifs is 1. The van der Waals surface area contributed by atoms with E-state index in [9.17, 15) is 14.3 Å². The Balaban J connectivity index is 1.01. The number of likely N-dealkylation sites (tertiary alicyclic amines) is 1. The number of aliphatic hydroxyl groups is 1. The van der Waals surface area contributed by atoms with E-state index in [1.54, 1.807) is 12.3 Å². The molecule has 5 rings (SSSR count). The maximum Gasteiger partial charge on any atom is 0.412 e. The number of ether oxygens (including phenoxy) is 2. The maximum absolute atomic E-state index is 13.3. The molecule has 9 heteroatoms. The number of carbonyl (C=O) groups is 1. The average molecular weight is 542 g/mol. The van der Waals surface area contributed by atoms with Gasteiger partial charge in [-0.3, -0.25) is 4.98 Å². The van der Waals surface area contributed by atoms with Crippen molar-refractivity contribution in [1.29, 1.82) is 0 Å². The summed E-state index contributed by atoms with van der Waals surface area (Å²) in [7, 11) is 0. The topological polar surface area (TPSA) is 83.9 Å². The van der Waals surface area contributed by atoms with Crippen molar-refractivity contribution in [2.75, 3.05) is 19.6 Å². The molecular weight excluding hydrogens is 509 g/mol. The second kappa shape index (κ2) is 12.3. The van der Waals surface area contributed by atoms with Crippen LogP contribution in [0.15, 0.2) is 54.7 Å². The number of hydrogen-bond donors (Lipinski definition) is 2. The minimum atomic E-state index is -0.631. The molecule has 2 atom stereocenters. The highest BCUT2D eigenvalue weighted by Gasteiger charge is 2.30. The number of aliphatic hydroxyl groups excluding tert-OH is 1. The van der Waals surface area contributed by atoms with Gasteiger partial charge in [0.05, 0.1) is 10.5 Å². The highest BCUT2D eigenvalue weighted by atomic mass is 35.5. The molecule has 2 aromatic carbocycles. The highest BCUT2D eigenvalue weighted by Crippen LogP contribution is 2.30. The molecule has 0 spiro atoms. The number of aromatic nitrogens is 1. The first-order valence-corrected chi connectivity index (χ1v) is 13.7. The normalized spacial score (nSPS) is 24.2. The van der Waals surface area contributed by atoms with Gasteiger partial charge in [0, 0.05) is 30.7 Å². The molecule has 1 amide bonds. The molecule has 1 aliphatic carbocycles. The van der Waals surface area contributed by atoms with Crippen LogP contribution in [0.3, 0.4) is 0 Å². The van der Waals surface area contributed by atoms with Crippen LogP contribution in [-0.2, 0) is 0 Å². The van der Waals surface area contributed by atoms with Crippen LogP contribution in [0.25, 0.3) is 10.9 Å². The van der Waals surface area contributed by atoms with Crippen LogP contribution in [0.1, 0.15) is 38.5 Å². The minimum Gasteiger partial charge on any atom is -0.486 e. The van der Waals surface area contributed by atoms with E-state index < -0.39 is 18.0 Å². The largest absolute Gasteiger partial charge is 0.486 e. The molecular formula is C29H33ClFN3O4. The number of benzene rings is 2. The highest BCUT2D eigenvalue weighted by molar-refractivity contribution is 6.32. The maximum atomic E-state index is 13.3. The molecule has 0 bridgehead atoms. The van der Waals surface area contributed by atoms with Gasteiger partial charge in [-0.25, -0.2) is 9.18 Å². The van der Waals surface area contributed by atoms with E-state index in [2.05, 4.69) is 15.2 Å². The fourth-order valence-corrected chi connectivity index (χ4v) is 5.68. The molecule has 2 fully saturated rings. The number of carbonyl (C=O) groups excluding carboxylic acids is 1. The van der Waals surface area contributed by atoms with E-state index in [0.29, 0.717) is 30.4 Å². The van der Waals surface area contributed by atoms with Gasteiger partial charge in [0.15, 0.2) is 0 Å². The molecule has 7 nitrogen and oxygen atoms in total. The van der Waals surface area contributed by atoms with Gasteiger partial charge in [0.25, 0.3) is 0 Å². The van der Waals surface area contributed by atoms with Crippen molar-refractivity contribution in [1.82, 2.24) is 15.2 Å². The zero-order chi connectivity index (χ0) is 26.5. The summed E-state index contributed by atoms with van der Waals surface area (Å²) in [6.07, 6.45) is 5.92. The summed E-state index contributed by atoms with van der Waals surface area (Å²) in [4.78, 5) is 19.1. The first-order valence-electron chi connectivity index (χ1n) is 13.3. The Morgan fingerprint density at radius 2 is 1.92 bits per heavy atom. The van der Waals surface area contributed by atoms with Crippen LogP contribution in [0.2, 0.25) is 5.02 Å². The van der Waals surface area contributed by atoms with E-state index in [1.807, 2.05) is 24.3 Å². The Morgan fingerprint density at radius 1 is 1.11 bits per heavy atom. The van der Waals surface area contributed by atoms with Crippen molar-refractivity contribution < 1.29 is 23.8 Å². The smallest absolute Gasteiger partial charge is 0.412 e. The molecule has 2 aliphatic rings. The van der Waals surface area contributed by atoms with Gasteiger partial charge in [-0.2, -0.15) is 0 Å². The Morgan fingerprint density at radius 3 is 2.71 bits per heavy atom. The zero-order valence-corrected chi connectivity index (χ0v) is 21.9. The molecule has 38 heavy (non-hydrogen) atoms. The van der Waals surface area contributed by atoms with E-state index in [0.717, 1.165) is 56.1 Å². The number of nitrogens with zero attached hydrogens (tertiary/aromatic N) is 2. The predicted octanol–water partition coefficient (Wildman–Crippen LogP) is 5.58. The summed E-state index contributed by atoms with van der Waals surface area (Å²) in [5, 5.41) is 14.7. The molecule has 2 N–H and O–H groups in total. The van der Waals surface area contributed by atoms with Crippen LogP contribution in [0.4, 0.5) is 9.18 Å². The van der Waals surface area contributed by atoms with Gasteiger partial charge in [0.1, 0.15) is 29.5 Å². The molecule has 1 saturated heterocycles. The first-order chi connectivity index (χ1) is 18.4. The van der Waals surface area contributed by atoms with Gasteiger partial charge in [-0.1, -0.05) is 23.7 Å².